The molecule has 1 aromatic carbocycles. The first-order valence-electron chi connectivity index (χ1n) is 7.68. The number of aliphatic hydroxyl groups is 1. The van der Waals surface area contributed by atoms with Gasteiger partial charge in [-0.05, 0) is 40.4 Å². The quantitative estimate of drug-likeness (QED) is 0.844. The molecule has 112 valence electrons. The zero-order chi connectivity index (χ0) is 14.7. The summed E-state index contributed by atoms with van der Waals surface area (Å²) in [7, 11) is 0. The number of nitrogens with zero attached hydrogens (tertiary/aromatic N) is 1. The third-order valence-electron chi connectivity index (χ3n) is 4.29. The van der Waals surface area contributed by atoms with E-state index in [2.05, 4.69) is 32.3 Å². The van der Waals surface area contributed by atoms with Crippen molar-refractivity contribution in [2.24, 2.45) is 5.92 Å². The lowest BCUT2D eigenvalue weighted by atomic mass is 10.00. The number of anilines is 1. The third kappa shape index (κ3) is 3.74. The molecule has 0 spiro atoms. The first kappa shape index (κ1) is 14.8. The first-order chi connectivity index (χ1) is 10.2. The number of rotatable bonds is 5. The normalized spacial score (nSPS) is 17.2. The fourth-order valence-electron chi connectivity index (χ4n) is 3.22. The predicted molar refractivity (Wildman–Crippen MR) is 90.5 cm³/mol. The molecule has 1 unspecified atom stereocenters. The smallest absolute Gasteiger partial charge is 0.0934 e. The van der Waals surface area contributed by atoms with Gasteiger partial charge in [-0.2, -0.15) is 0 Å². The maximum Gasteiger partial charge on any atom is 0.0934 e. The molecule has 1 aliphatic rings. The molecule has 21 heavy (non-hydrogen) atoms. The van der Waals surface area contributed by atoms with Crippen LogP contribution in [0.3, 0.4) is 0 Å². The van der Waals surface area contributed by atoms with Crippen LogP contribution >= 0.6 is 15.9 Å². The highest BCUT2D eigenvalue weighted by molar-refractivity contribution is 9.10. The maximum absolute atomic E-state index is 10.2. The van der Waals surface area contributed by atoms with E-state index in [-0.39, 0.29) is 6.10 Å². The number of halogens is 1. The van der Waals surface area contributed by atoms with Gasteiger partial charge in [0.2, 0.25) is 0 Å². The van der Waals surface area contributed by atoms with Gasteiger partial charge in [0.25, 0.3) is 0 Å². The summed E-state index contributed by atoms with van der Waals surface area (Å²) < 4.78 is 0.980. The summed E-state index contributed by atoms with van der Waals surface area (Å²) in [4.78, 5) is 4.47. The molecule has 3 rings (SSSR count). The molecule has 1 heterocycles. The highest BCUT2D eigenvalue weighted by atomic mass is 79.9. The Morgan fingerprint density at radius 1 is 1.33 bits per heavy atom. The Labute approximate surface area is 133 Å². The zero-order valence-corrected chi connectivity index (χ0v) is 13.6. The third-order valence-corrected chi connectivity index (χ3v) is 4.72. The van der Waals surface area contributed by atoms with E-state index in [0.717, 1.165) is 27.5 Å². The van der Waals surface area contributed by atoms with Crippen LogP contribution in [0.25, 0.3) is 10.9 Å². The van der Waals surface area contributed by atoms with Crippen molar-refractivity contribution in [3.63, 3.8) is 0 Å². The molecule has 1 saturated carbocycles. The number of benzene rings is 1. The van der Waals surface area contributed by atoms with E-state index < -0.39 is 0 Å². The number of para-hydroxylation sites is 1. The fraction of sp³-hybridized carbons (Fsp3) is 0.471. The molecule has 2 N–H and O–H groups in total. The average Bonchev–Trinajstić information content (AvgIpc) is 2.97. The summed E-state index contributed by atoms with van der Waals surface area (Å²) in [5, 5.41) is 14.6. The van der Waals surface area contributed by atoms with E-state index in [1.54, 1.807) is 0 Å². The number of pyridine rings is 1. The Morgan fingerprint density at radius 3 is 2.95 bits per heavy atom. The molecule has 1 fully saturated rings. The van der Waals surface area contributed by atoms with Crippen molar-refractivity contribution in [3.8, 4) is 0 Å². The van der Waals surface area contributed by atoms with Crippen molar-refractivity contribution in [3.05, 3.63) is 34.9 Å². The topological polar surface area (TPSA) is 45.1 Å². The van der Waals surface area contributed by atoms with E-state index in [4.69, 9.17) is 0 Å². The van der Waals surface area contributed by atoms with Crippen LogP contribution in [0.15, 0.2) is 34.9 Å². The second-order valence-corrected chi connectivity index (χ2v) is 6.87. The number of hydrogen-bond donors (Lipinski definition) is 2. The highest BCUT2D eigenvalue weighted by Crippen LogP contribution is 2.29. The summed E-state index contributed by atoms with van der Waals surface area (Å²) in [5.74, 6) is 0.711. The van der Waals surface area contributed by atoms with Crippen molar-refractivity contribution >= 4 is 32.5 Å². The van der Waals surface area contributed by atoms with E-state index in [1.807, 2.05) is 24.4 Å². The zero-order valence-electron chi connectivity index (χ0n) is 12.1. The molecule has 3 nitrogen and oxygen atoms in total. The molecule has 4 heteroatoms. The SMILES string of the molecule is OC(CNc1cccc2cc(Br)cnc12)CC1CCCC1. The van der Waals surface area contributed by atoms with Crippen molar-refractivity contribution in [2.45, 2.75) is 38.2 Å². The monoisotopic (exact) mass is 348 g/mol. The number of aromatic nitrogens is 1. The molecule has 2 aromatic rings. The minimum Gasteiger partial charge on any atom is -0.391 e. The summed E-state index contributed by atoms with van der Waals surface area (Å²) in [6, 6.07) is 8.14. The summed E-state index contributed by atoms with van der Waals surface area (Å²) in [6.07, 6.45) is 7.65. The Bertz CT molecular complexity index is 611. The molecule has 0 saturated heterocycles. The minimum atomic E-state index is -0.279. The van der Waals surface area contributed by atoms with Crippen LogP contribution in [-0.4, -0.2) is 22.7 Å². The van der Waals surface area contributed by atoms with Gasteiger partial charge in [0, 0.05) is 22.6 Å². The summed E-state index contributed by atoms with van der Waals surface area (Å²) >= 11 is 3.45. The van der Waals surface area contributed by atoms with Crippen LogP contribution < -0.4 is 5.32 Å². The fourth-order valence-corrected chi connectivity index (χ4v) is 3.57. The molecule has 0 bridgehead atoms. The lowest BCUT2D eigenvalue weighted by molar-refractivity contribution is 0.155. The van der Waals surface area contributed by atoms with Crippen LogP contribution in [0.2, 0.25) is 0 Å². The Hall–Kier alpha value is -1.13. The van der Waals surface area contributed by atoms with Crippen molar-refractivity contribution < 1.29 is 5.11 Å². The minimum absolute atomic E-state index is 0.279. The van der Waals surface area contributed by atoms with Gasteiger partial charge in [-0.15, -0.1) is 0 Å². The number of fused-ring (bicyclic) bond motifs is 1. The Balaban J connectivity index is 1.64. The molecule has 0 amide bonds. The van der Waals surface area contributed by atoms with Gasteiger partial charge >= 0.3 is 0 Å². The van der Waals surface area contributed by atoms with Crippen LogP contribution in [0, 0.1) is 5.92 Å². The van der Waals surface area contributed by atoms with Gasteiger partial charge in [-0.25, -0.2) is 0 Å². The van der Waals surface area contributed by atoms with Gasteiger partial charge in [0.1, 0.15) is 0 Å². The number of nitrogens with one attached hydrogen (secondary N) is 1. The first-order valence-corrected chi connectivity index (χ1v) is 8.48. The Morgan fingerprint density at radius 2 is 2.14 bits per heavy atom. The molecule has 0 aliphatic heterocycles. The van der Waals surface area contributed by atoms with Gasteiger partial charge in [0.05, 0.1) is 17.3 Å². The lowest BCUT2D eigenvalue weighted by Gasteiger charge is -2.17. The lowest BCUT2D eigenvalue weighted by Crippen LogP contribution is -2.22. The largest absolute Gasteiger partial charge is 0.391 e. The number of aliphatic hydroxyl groups excluding tert-OH is 1. The molecule has 0 radical (unpaired) electrons. The second kappa shape index (κ2) is 6.75. The van der Waals surface area contributed by atoms with Crippen molar-refractivity contribution in [1.29, 1.82) is 0 Å². The van der Waals surface area contributed by atoms with Crippen molar-refractivity contribution in [2.75, 3.05) is 11.9 Å². The van der Waals surface area contributed by atoms with Gasteiger partial charge in [0.15, 0.2) is 0 Å². The average molecular weight is 349 g/mol. The van der Waals surface area contributed by atoms with E-state index in [1.165, 1.54) is 25.7 Å². The van der Waals surface area contributed by atoms with Gasteiger partial charge in [-0.3, -0.25) is 4.98 Å². The van der Waals surface area contributed by atoms with Crippen LogP contribution in [0.5, 0.6) is 0 Å². The Kier molecular flexibility index (Phi) is 4.76. The predicted octanol–water partition coefficient (Wildman–Crippen LogP) is 4.35. The van der Waals surface area contributed by atoms with E-state index >= 15 is 0 Å². The molecule has 1 aliphatic carbocycles. The second-order valence-electron chi connectivity index (χ2n) is 5.95. The summed E-state index contributed by atoms with van der Waals surface area (Å²) in [5.41, 5.74) is 1.94. The van der Waals surface area contributed by atoms with E-state index in [0.29, 0.717) is 12.5 Å². The highest BCUT2D eigenvalue weighted by Gasteiger charge is 2.18. The number of hydrogen-bond acceptors (Lipinski definition) is 3. The molecular formula is C17H21BrN2O. The summed E-state index contributed by atoms with van der Waals surface area (Å²) in [6.45, 7) is 0.591. The maximum atomic E-state index is 10.2. The standard InChI is InChI=1S/C17H21BrN2O/c18-14-9-13-6-3-7-16(17(13)20-10-14)19-11-15(21)8-12-4-1-2-5-12/h3,6-7,9-10,12,15,19,21H,1-2,4-5,8,11H2. The molecule has 1 aromatic heterocycles. The van der Waals surface area contributed by atoms with Crippen molar-refractivity contribution in [1.82, 2.24) is 4.98 Å². The van der Waals surface area contributed by atoms with Crippen LogP contribution in [0.1, 0.15) is 32.1 Å². The van der Waals surface area contributed by atoms with E-state index in [9.17, 15) is 5.11 Å². The van der Waals surface area contributed by atoms with Gasteiger partial charge in [-0.1, -0.05) is 37.8 Å². The van der Waals surface area contributed by atoms with Crippen LogP contribution in [0.4, 0.5) is 5.69 Å². The van der Waals surface area contributed by atoms with Crippen LogP contribution in [-0.2, 0) is 0 Å². The molecular weight excluding hydrogens is 328 g/mol. The van der Waals surface area contributed by atoms with Gasteiger partial charge < -0.3 is 10.4 Å². The molecule has 1 atom stereocenters.